The van der Waals surface area contributed by atoms with E-state index in [1.807, 2.05) is 14.0 Å². The molecule has 1 fully saturated rings. The van der Waals surface area contributed by atoms with Gasteiger partial charge in [-0.1, -0.05) is 0 Å². The zero-order valence-corrected chi connectivity index (χ0v) is 11.2. The quantitative estimate of drug-likeness (QED) is 0.797. The van der Waals surface area contributed by atoms with Gasteiger partial charge in [0, 0.05) is 19.0 Å². The van der Waals surface area contributed by atoms with Gasteiger partial charge in [0.15, 0.2) is 0 Å². The molecule has 1 aliphatic carbocycles. The van der Waals surface area contributed by atoms with E-state index in [0.29, 0.717) is 18.4 Å². The maximum absolute atomic E-state index is 5.89. The van der Waals surface area contributed by atoms with Crippen LogP contribution in [0, 0.1) is 5.92 Å². The van der Waals surface area contributed by atoms with E-state index in [1.54, 1.807) is 19.5 Å². The molecule has 5 nitrogen and oxygen atoms in total. The van der Waals surface area contributed by atoms with Crippen LogP contribution >= 0.6 is 0 Å². The second-order valence-corrected chi connectivity index (χ2v) is 4.47. The molecular formula is C13H21N3O2. The monoisotopic (exact) mass is 251 g/mol. The van der Waals surface area contributed by atoms with Gasteiger partial charge in [-0.2, -0.15) is 0 Å². The van der Waals surface area contributed by atoms with Crippen LogP contribution in [0.25, 0.3) is 0 Å². The van der Waals surface area contributed by atoms with Crippen molar-refractivity contribution in [3.8, 4) is 5.88 Å². The molecule has 1 saturated carbocycles. The lowest BCUT2D eigenvalue weighted by atomic mass is 10.0. The first kappa shape index (κ1) is 13.2. The van der Waals surface area contributed by atoms with Crippen LogP contribution < -0.4 is 10.1 Å². The average molecular weight is 251 g/mol. The van der Waals surface area contributed by atoms with E-state index in [1.165, 1.54) is 12.8 Å². The minimum absolute atomic E-state index is 0.0288. The van der Waals surface area contributed by atoms with Gasteiger partial charge < -0.3 is 14.8 Å². The van der Waals surface area contributed by atoms with Crippen LogP contribution in [-0.2, 0) is 4.74 Å². The van der Waals surface area contributed by atoms with Crippen LogP contribution in [0.2, 0.25) is 0 Å². The van der Waals surface area contributed by atoms with Crippen molar-refractivity contribution in [3.05, 3.63) is 18.1 Å². The summed E-state index contributed by atoms with van der Waals surface area (Å²) < 4.78 is 11.2. The van der Waals surface area contributed by atoms with Gasteiger partial charge in [-0.05, 0) is 32.7 Å². The highest BCUT2D eigenvalue weighted by Gasteiger charge is 2.39. The topological polar surface area (TPSA) is 56.3 Å². The molecule has 5 heteroatoms. The van der Waals surface area contributed by atoms with Crippen molar-refractivity contribution >= 4 is 0 Å². The number of ether oxygens (including phenoxy) is 2. The summed E-state index contributed by atoms with van der Waals surface area (Å²) in [7, 11) is 3.54. The molecule has 1 N–H and O–H groups in total. The molecule has 18 heavy (non-hydrogen) atoms. The molecular weight excluding hydrogens is 230 g/mol. The molecule has 1 aromatic rings. The van der Waals surface area contributed by atoms with Gasteiger partial charge in [-0.15, -0.1) is 0 Å². The number of nitrogens with zero attached hydrogens (tertiary/aromatic N) is 2. The van der Waals surface area contributed by atoms with Gasteiger partial charge in [-0.25, -0.2) is 4.98 Å². The Morgan fingerprint density at radius 1 is 1.39 bits per heavy atom. The van der Waals surface area contributed by atoms with Gasteiger partial charge in [-0.3, -0.25) is 4.98 Å². The first-order valence-corrected chi connectivity index (χ1v) is 6.45. The molecule has 0 aromatic carbocycles. The first-order valence-electron chi connectivity index (χ1n) is 6.45. The van der Waals surface area contributed by atoms with E-state index in [2.05, 4.69) is 15.3 Å². The van der Waals surface area contributed by atoms with Crippen LogP contribution in [-0.4, -0.2) is 36.8 Å². The Morgan fingerprint density at radius 3 is 2.67 bits per heavy atom. The molecule has 0 amide bonds. The van der Waals surface area contributed by atoms with Crippen molar-refractivity contribution in [2.24, 2.45) is 5.92 Å². The summed E-state index contributed by atoms with van der Waals surface area (Å²) in [4.78, 5) is 8.61. The number of rotatable bonds is 7. The number of hydrogen-bond donors (Lipinski definition) is 1. The Kier molecular flexibility index (Phi) is 4.49. The summed E-state index contributed by atoms with van der Waals surface area (Å²) in [5.74, 6) is 1.19. The lowest BCUT2D eigenvalue weighted by Crippen LogP contribution is -2.34. The fraction of sp³-hybridized carbons (Fsp3) is 0.692. The van der Waals surface area contributed by atoms with Gasteiger partial charge >= 0.3 is 0 Å². The molecule has 0 radical (unpaired) electrons. The molecule has 0 spiro atoms. The molecule has 1 aromatic heterocycles. The number of hydrogen-bond acceptors (Lipinski definition) is 5. The van der Waals surface area contributed by atoms with Crippen molar-refractivity contribution in [1.82, 2.24) is 15.3 Å². The van der Waals surface area contributed by atoms with Gasteiger partial charge in [0.05, 0.1) is 19.3 Å². The third-order valence-electron chi connectivity index (χ3n) is 3.26. The average Bonchev–Trinajstić information content (AvgIpc) is 3.23. The third-order valence-corrected chi connectivity index (χ3v) is 3.26. The summed E-state index contributed by atoms with van der Waals surface area (Å²) in [6, 6.07) is 0.0288. The van der Waals surface area contributed by atoms with E-state index in [4.69, 9.17) is 9.47 Å². The molecule has 0 aliphatic heterocycles. The standard InChI is InChI=1S/C13H21N3O2/c1-4-18-12(9-5-6-9)10(14-2)11-13(17-3)16-8-7-15-11/h7-10,12,14H,4-6H2,1-3H3. The lowest BCUT2D eigenvalue weighted by Gasteiger charge is -2.26. The van der Waals surface area contributed by atoms with Crippen LogP contribution in [0.3, 0.4) is 0 Å². The van der Waals surface area contributed by atoms with Crippen molar-refractivity contribution in [2.45, 2.75) is 31.9 Å². The summed E-state index contributed by atoms with van der Waals surface area (Å²) >= 11 is 0. The van der Waals surface area contributed by atoms with Gasteiger partial charge in [0.1, 0.15) is 5.69 Å². The predicted molar refractivity (Wildman–Crippen MR) is 68.5 cm³/mol. The second kappa shape index (κ2) is 6.11. The number of methoxy groups -OCH3 is 1. The fourth-order valence-electron chi connectivity index (χ4n) is 2.28. The molecule has 2 rings (SSSR count). The van der Waals surface area contributed by atoms with E-state index in [0.717, 1.165) is 5.69 Å². The minimum atomic E-state index is 0.0288. The highest BCUT2D eigenvalue weighted by atomic mass is 16.5. The van der Waals surface area contributed by atoms with Crippen molar-refractivity contribution < 1.29 is 9.47 Å². The smallest absolute Gasteiger partial charge is 0.237 e. The van der Waals surface area contributed by atoms with Crippen LogP contribution in [0.4, 0.5) is 0 Å². The summed E-state index contributed by atoms with van der Waals surface area (Å²) in [5.41, 5.74) is 0.827. The zero-order chi connectivity index (χ0) is 13.0. The first-order chi connectivity index (χ1) is 8.81. The largest absolute Gasteiger partial charge is 0.480 e. The van der Waals surface area contributed by atoms with E-state index < -0.39 is 0 Å². The molecule has 2 atom stereocenters. The highest BCUT2D eigenvalue weighted by Crippen LogP contribution is 2.40. The molecule has 1 heterocycles. The SMILES string of the molecule is CCOC(C1CC1)C(NC)c1nccnc1OC. The van der Waals surface area contributed by atoms with E-state index in [-0.39, 0.29) is 12.1 Å². The Hall–Kier alpha value is -1.20. The lowest BCUT2D eigenvalue weighted by molar-refractivity contribution is 0.0186. The molecule has 0 saturated heterocycles. The number of aromatic nitrogens is 2. The summed E-state index contributed by atoms with van der Waals surface area (Å²) in [6.07, 6.45) is 5.93. The summed E-state index contributed by atoms with van der Waals surface area (Å²) in [5, 5.41) is 3.29. The van der Waals surface area contributed by atoms with Gasteiger partial charge in [0.25, 0.3) is 0 Å². The van der Waals surface area contributed by atoms with Crippen LogP contribution in [0.15, 0.2) is 12.4 Å². The maximum Gasteiger partial charge on any atom is 0.237 e. The Balaban J connectivity index is 2.24. The van der Waals surface area contributed by atoms with E-state index >= 15 is 0 Å². The van der Waals surface area contributed by atoms with Crippen LogP contribution in [0.1, 0.15) is 31.5 Å². The third kappa shape index (κ3) is 2.79. The normalized spacial score (nSPS) is 18.4. The Bertz CT molecular complexity index is 382. The van der Waals surface area contributed by atoms with E-state index in [9.17, 15) is 0 Å². The molecule has 1 aliphatic rings. The zero-order valence-electron chi connectivity index (χ0n) is 11.2. The second-order valence-electron chi connectivity index (χ2n) is 4.47. The predicted octanol–water partition coefficient (Wildman–Crippen LogP) is 1.56. The summed E-state index contributed by atoms with van der Waals surface area (Å²) in [6.45, 7) is 2.73. The van der Waals surface area contributed by atoms with Crippen molar-refractivity contribution in [3.63, 3.8) is 0 Å². The molecule has 0 bridgehead atoms. The Morgan fingerprint density at radius 2 is 2.11 bits per heavy atom. The highest BCUT2D eigenvalue weighted by molar-refractivity contribution is 5.23. The number of nitrogens with one attached hydrogen (secondary N) is 1. The van der Waals surface area contributed by atoms with Gasteiger partial charge in [0.2, 0.25) is 5.88 Å². The van der Waals surface area contributed by atoms with Crippen LogP contribution in [0.5, 0.6) is 5.88 Å². The fourth-order valence-corrected chi connectivity index (χ4v) is 2.28. The number of likely N-dealkylation sites (N-methyl/N-ethyl adjacent to an activating group) is 1. The molecule has 100 valence electrons. The van der Waals surface area contributed by atoms with Crippen molar-refractivity contribution in [2.75, 3.05) is 20.8 Å². The Labute approximate surface area is 108 Å². The van der Waals surface area contributed by atoms with Crippen molar-refractivity contribution in [1.29, 1.82) is 0 Å². The minimum Gasteiger partial charge on any atom is -0.480 e. The molecule has 2 unspecified atom stereocenters. The maximum atomic E-state index is 5.89.